The molecule has 0 bridgehead atoms. The van der Waals surface area contributed by atoms with Gasteiger partial charge in [0.05, 0.1) is 13.2 Å². The van der Waals surface area contributed by atoms with Crippen LogP contribution in [0.25, 0.3) is 0 Å². The molecule has 2 heteroatoms. The van der Waals surface area contributed by atoms with Crippen LogP contribution in [0.15, 0.2) is 23.9 Å². The lowest BCUT2D eigenvalue weighted by molar-refractivity contribution is 0.0550. The molecule has 72 valence electrons. The third-order valence-corrected chi connectivity index (χ3v) is 2.67. The molecule has 1 aliphatic heterocycles. The lowest BCUT2D eigenvalue weighted by Crippen LogP contribution is -2.35. The van der Waals surface area contributed by atoms with Gasteiger partial charge < -0.3 is 9.64 Å². The molecule has 1 saturated heterocycles. The molecule has 1 heterocycles. The highest BCUT2D eigenvalue weighted by atomic mass is 16.5. The summed E-state index contributed by atoms with van der Waals surface area (Å²) in [6.07, 6.45) is 8.07. The predicted octanol–water partition coefficient (Wildman–Crippen LogP) is 1.80. The van der Waals surface area contributed by atoms with E-state index in [1.807, 2.05) is 0 Å². The topological polar surface area (TPSA) is 12.5 Å². The van der Waals surface area contributed by atoms with Crippen molar-refractivity contribution in [1.82, 2.24) is 4.90 Å². The van der Waals surface area contributed by atoms with Gasteiger partial charge in [-0.15, -0.1) is 0 Å². The van der Waals surface area contributed by atoms with E-state index in [2.05, 4.69) is 30.1 Å². The average Bonchev–Trinajstić information content (AvgIpc) is 2.20. The molecule has 1 aliphatic carbocycles. The lowest BCUT2D eigenvalue weighted by atomic mass is 10.0. The van der Waals surface area contributed by atoms with E-state index in [-0.39, 0.29) is 0 Å². The summed E-state index contributed by atoms with van der Waals surface area (Å²) in [6, 6.07) is 0. The van der Waals surface area contributed by atoms with E-state index >= 15 is 0 Å². The Morgan fingerprint density at radius 3 is 2.77 bits per heavy atom. The van der Waals surface area contributed by atoms with Gasteiger partial charge in [-0.25, -0.2) is 0 Å². The number of hydrogen-bond donors (Lipinski definition) is 0. The maximum atomic E-state index is 5.32. The lowest BCUT2D eigenvalue weighted by Gasteiger charge is -2.31. The van der Waals surface area contributed by atoms with Crippen molar-refractivity contribution < 1.29 is 4.74 Å². The molecule has 0 aromatic carbocycles. The summed E-state index contributed by atoms with van der Waals surface area (Å²) in [4.78, 5) is 2.41. The molecule has 0 saturated carbocycles. The Kier molecular flexibility index (Phi) is 2.69. The number of nitrogens with zero attached hydrogens (tertiary/aromatic N) is 1. The van der Waals surface area contributed by atoms with E-state index in [1.165, 1.54) is 12.1 Å². The van der Waals surface area contributed by atoms with E-state index in [9.17, 15) is 0 Å². The van der Waals surface area contributed by atoms with E-state index in [0.29, 0.717) is 5.92 Å². The second-order valence-electron chi connectivity index (χ2n) is 3.80. The maximum Gasteiger partial charge on any atom is 0.0642 e. The Morgan fingerprint density at radius 1 is 1.38 bits per heavy atom. The first-order chi connectivity index (χ1) is 6.36. The molecule has 13 heavy (non-hydrogen) atoms. The van der Waals surface area contributed by atoms with E-state index in [4.69, 9.17) is 4.74 Å². The Morgan fingerprint density at radius 2 is 2.15 bits per heavy atom. The normalized spacial score (nSPS) is 28.8. The maximum absolute atomic E-state index is 5.32. The molecule has 2 nitrogen and oxygen atoms in total. The predicted molar refractivity (Wildman–Crippen MR) is 53.4 cm³/mol. The van der Waals surface area contributed by atoms with Gasteiger partial charge in [0.1, 0.15) is 0 Å². The minimum atomic E-state index is 0.713. The van der Waals surface area contributed by atoms with Gasteiger partial charge in [-0.3, -0.25) is 0 Å². The summed E-state index contributed by atoms with van der Waals surface area (Å²) >= 11 is 0. The van der Waals surface area contributed by atoms with Gasteiger partial charge in [0, 0.05) is 18.8 Å². The van der Waals surface area contributed by atoms with Crippen LogP contribution in [0.2, 0.25) is 0 Å². The number of hydrogen-bond acceptors (Lipinski definition) is 2. The van der Waals surface area contributed by atoms with Gasteiger partial charge in [0.15, 0.2) is 0 Å². The van der Waals surface area contributed by atoms with Crippen LogP contribution in [0, 0.1) is 5.92 Å². The van der Waals surface area contributed by atoms with Crippen LogP contribution in [-0.4, -0.2) is 31.2 Å². The highest BCUT2D eigenvalue weighted by Crippen LogP contribution is 2.19. The first-order valence-electron chi connectivity index (χ1n) is 5.07. The average molecular weight is 179 g/mol. The van der Waals surface area contributed by atoms with Crippen LogP contribution >= 0.6 is 0 Å². The summed E-state index contributed by atoms with van der Waals surface area (Å²) in [5.74, 6) is 0.713. The van der Waals surface area contributed by atoms with Crippen molar-refractivity contribution in [1.29, 1.82) is 0 Å². The molecule has 2 rings (SSSR count). The highest BCUT2D eigenvalue weighted by Gasteiger charge is 2.13. The van der Waals surface area contributed by atoms with Crippen molar-refractivity contribution in [3.8, 4) is 0 Å². The molecular weight excluding hydrogens is 162 g/mol. The third-order valence-electron chi connectivity index (χ3n) is 2.67. The Balaban J connectivity index is 1.96. The minimum Gasteiger partial charge on any atom is -0.378 e. The van der Waals surface area contributed by atoms with Gasteiger partial charge in [-0.2, -0.15) is 0 Å². The highest BCUT2D eigenvalue weighted by molar-refractivity contribution is 5.22. The first kappa shape index (κ1) is 8.82. The summed E-state index contributed by atoms with van der Waals surface area (Å²) in [7, 11) is 0. The second-order valence-corrected chi connectivity index (χ2v) is 3.80. The molecule has 0 radical (unpaired) electrons. The summed E-state index contributed by atoms with van der Waals surface area (Å²) < 4.78 is 5.32. The van der Waals surface area contributed by atoms with Crippen molar-refractivity contribution in [2.75, 3.05) is 26.3 Å². The van der Waals surface area contributed by atoms with E-state index < -0.39 is 0 Å². The standard InChI is InChI=1S/C11H17NO/c1-10-2-4-11(5-3-10)12-6-8-13-9-7-12/h2,4-5,10H,3,6-9H2,1H3. The van der Waals surface area contributed by atoms with Gasteiger partial charge >= 0.3 is 0 Å². The SMILES string of the molecule is CC1C=CC(N2CCOCC2)=CC1. The number of rotatable bonds is 1. The molecule has 0 aromatic rings. The van der Waals surface area contributed by atoms with Crippen molar-refractivity contribution in [2.24, 2.45) is 5.92 Å². The van der Waals surface area contributed by atoms with Gasteiger partial charge in [-0.05, 0) is 18.4 Å². The first-order valence-corrected chi connectivity index (χ1v) is 5.07. The van der Waals surface area contributed by atoms with Crippen molar-refractivity contribution in [3.63, 3.8) is 0 Å². The zero-order valence-electron chi connectivity index (χ0n) is 8.20. The minimum absolute atomic E-state index is 0.713. The summed E-state index contributed by atoms with van der Waals surface area (Å²) in [6.45, 7) is 6.10. The third kappa shape index (κ3) is 2.13. The zero-order chi connectivity index (χ0) is 9.10. The molecule has 1 atom stereocenters. The fourth-order valence-electron chi connectivity index (χ4n) is 1.77. The van der Waals surface area contributed by atoms with Crippen LogP contribution in [0.3, 0.4) is 0 Å². The summed E-state index contributed by atoms with van der Waals surface area (Å²) in [5, 5.41) is 0. The smallest absolute Gasteiger partial charge is 0.0642 e. The van der Waals surface area contributed by atoms with Crippen LogP contribution in [0.4, 0.5) is 0 Å². The van der Waals surface area contributed by atoms with Crippen LogP contribution in [-0.2, 0) is 4.74 Å². The fraction of sp³-hybridized carbons (Fsp3) is 0.636. The molecule has 0 spiro atoms. The Hall–Kier alpha value is -0.760. The quantitative estimate of drug-likeness (QED) is 0.608. The van der Waals surface area contributed by atoms with Gasteiger partial charge in [-0.1, -0.05) is 19.1 Å². The number of allylic oxidation sites excluding steroid dienone is 3. The number of morpholine rings is 1. The molecule has 2 aliphatic rings. The Bertz CT molecular complexity index is 226. The molecule has 1 unspecified atom stereocenters. The van der Waals surface area contributed by atoms with E-state index in [0.717, 1.165) is 26.3 Å². The fourth-order valence-corrected chi connectivity index (χ4v) is 1.77. The monoisotopic (exact) mass is 179 g/mol. The summed E-state index contributed by atoms with van der Waals surface area (Å²) in [5.41, 5.74) is 1.39. The second kappa shape index (κ2) is 3.97. The van der Waals surface area contributed by atoms with Gasteiger partial charge in [0.25, 0.3) is 0 Å². The van der Waals surface area contributed by atoms with Crippen molar-refractivity contribution in [2.45, 2.75) is 13.3 Å². The van der Waals surface area contributed by atoms with Crippen LogP contribution in [0.5, 0.6) is 0 Å². The molecule has 0 aromatic heterocycles. The Labute approximate surface area is 79.9 Å². The number of ether oxygens (including phenoxy) is 1. The molecule has 0 amide bonds. The molecule has 0 N–H and O–H groups in total. The van der Waals surface area contributed by atoms with Crippen LogP contribution < -0.4 is 0 Å². The van der Waals surface area contributed by atoms with E-state index in [1.54, 1.807) is 0 Å². The van der Waals surface area contributed by atoms with Gasteiger partial charge in [0.2, 0.25) is 0 Å². The molecular formula is C11H17NO. The largest absolute Gasteiger partial charge is 0.378 e. The molecule has 1 fully saturated rings. The van der Waals surface area contributed by atoms with Crippen molar-refractivity contribution in [3.05, 3.63) is 23.9 Å². The zero-order valence-corrected chi connectivity index (χ0v) is 8.20. The van der Waals surface area contributed by atoms with Crippen molar-refractivity contribution >= 4 is 0 Å². The van der Waals surface area contributed by atoms with Crippen LogP contribution in [0.1, 0.15) is 13.3 Å².